The molecule has 0 unspecified atom stereocenters. The molecular formula is C15H25N3O3S. The highest BCUT2D eigenvalue weighted by Crippen LogP contribution is 2.45. The smallest absolute Gasteiger partial charge is 0.241 e. The number of carbonyl (C=O) groups is 3. The highest BCUT2D eigenvalue weighted by Gasteiger charge is 2.55. The normalized spacial score (nSPS) is 29.4. The summed E-state index contributed by atoms with van der Waals surface area (Å²) < 4.78 is 0. The SMILES string of the molecule is CC(C)C(=O)NC1CCC2(CC1)CN([C@@H](CS)C(N)=O)C2=O. The zero-order chi connectivity index (χ0) is 16.5. The van der Waals surface area contributed by atoms with Crippen molar-refractivity contribution in [2.24, 2.45) is 17.1 Å². The number of nitrogens with zero attached hydrogens (tertiary/aromatic N) is 1. The first kappa shape index (κ1) is 17.1. The van der Waals surface area contributed by atoms with E-state index in [1.54, 1.807) is 4.90 Å². The number of hydrogen-bond donors (Lipinski definition) is 3. The lowest BCUT2D eigenvalue weighted by Crippen LogP contribution is -2.68. The highest BCUT2D eigenvalue weighted by molar-refractivity contribution is 7.80. The van der Waals surface area contributed by atoms with Gasteiger partial charge in [0.25, 0.3) is 0 Å². The van der Waals surface area contributed by atoms with Crippen LogP contribution in [0.2, 0.25) is 0 Å². The molecule has 2 fully saturated rings. The Morgan fingerprint density at radius 3 is 2.41 bits per heavy atom. The molecule has 1 saturated carbocycles. The van der Waals surface area contributed by atoms with Crippen molar-refractivity contribution in [2.45, 2.75) is 51.6 Å². The van der Waals surface area contributed by atoms with Gasteiger partial charge in [-0.1, -0.05) is 13.8 Å². The second-order valence-corrected chi connectivity index (χ2v) is 7.12. The van der Waals surface area contributed by atoms with Crippen LogP contribution in [0.3, 0.4) is 0 Å². The van der Waals surface area contributed by atoms with E-state index in [4.69, 9.17) is 5.73 Å². The quantitative estimate of drug-likeness (QED) is 0.501. The van der Waals surface area contributed by atoms with Gasteiger partial charge in [0.2, 0.25) is 17.7 Å². The van der Waals surface area contributed by atoms with E-state index in [2.05, 4.69) is 17.9 Å². The highest BCUT2D eigenvalue weighted by atomic mass is 32.1. The summed E-state index contributed by atoms with van der Waals surface area (Å²) in [5, 5.41) is 3.03. The Morgan fingerprint density at radius 2 is 2.00 bits per heavy atom. The van der Waals surface area contributed by atoms with Crippen LogP contribution in [0.15, 0.2) is 0 Å². The van der Waals surface area contributed by atoms with Crippen molar-refractivity contribution in [3.05, 3.63) is 0 Å². The maximum Gasteiger partial charge on any atom is 0.241 e. The van der Waals surface area contributed by atoms with Crippen LogP contribution in [-0.4, -0.2) is 47.0 Å². The largest absolute Gasteiger partial charge is 0.368 e. The van der Waals surface area contributed by atoms with Crippen LogP contribution in [0.25, 0.3) is 0 Å². The van der Waals surface area contributed by atoms with E-state index in [0.717, 1.165) is 25.7 Å². The summed E-state index contributed by atoms with van der Waals surface area (Å²) in [6.07, 6.45) is 3.12. The van der Waals surface area contributed by atoms with Gasteiger partial charge in [0, 0.05) is 24.3 Å². The molecule has 0 aromatic heterocycles. The van der Waals surface area contributed by atoms with Crippen molar-refractivity contribution in [3.63, 3.8) is 0 Å². The maximum atomic E-state index is 12.5. The van der Waals surface area contributed by atoms with Crippen molar-refractivity contribution < 1.29 is 14.4 Å². The van der Waals surface area contributed by atoms with E-state index < -0.39 is 11.9 Å². The third kappa shape index (κ3) is 3.09. The summed E-state index contributed by atoms with van der Waals surface area (Å²) >= 11 is 4.10. The Balaban J connectivity index is 1.89. The number of nitrogens with two attached hydrogens (primary N) is 1. The van der Waals surface area contributed by atoms with E-state index in [0.29, 0.717) is 6.54 Å². The molecule has 0 bridgehead atoms. The van der Waals surface area contributed by atoms with Gasteiger partial charge in [0.05, 0.1) is 5.41 Å². The second kappa shape index (κ2) is 6.48. The molecule has 3 amide bonds. The van der Waals surface area contributed by atoms with Crippen LogP contribution in [0, 0.1) is 11.3 Å². The minimum Gasteiger partial charge on any atom is -0.368 e. The zero-order valence-corrected chi connectivity index (χ0v) is 14.1. The minimum atomic E-state index is -0.611. The van der Waals surface area contributed by atoms with Gasteiger partial charge in [-0.2, -0.15) is 12.6 Å². The summed E-state index contributed by atoms with van der Waals surface area (Å²) in [4.78, 5) is 37.1. The van der Waals surface area contributed by atoms with E-state index in [-0.39, 0.29) is 34.9 Å². The molecule has 22 heavy (non-hydrogen) atoms. The molecule has 3 N–H and O–H groups in total. The number of hydrogen-bond acceptors (Lipinski definition) is 4. The number of nitrogens with one attached hydrogen (secondary N) is 1. The first-order valence-corrected chi connectivity index (χ1v) is 8.45. The fourth-order valence-corrected chi connectivity index (χ4v) is 3.70. The number of amides is 3. The van der Waals surface area contributed by atoms with Gasteiger partial charge in [-0.3, -0.25) is 14.4 Å². The third-order valence-electron chi connectivity index (χ3n) is 4.88. The average Bonchev–Trinajstić information content (AvgIpc) is 2.48. The minimum absolute atomic E-state index is 0.0130. The van der Waals surface area contributed by atoms with Gasteiger partial charge < -0.3 is 16.0 Å². The molecule has 2 rings (SSSR count). The Bertz CT molecular complexity index is 473. The van der Waals surface area contributed by atoms with Crippen LogP contribution in [0.4, 0.5) is 0 Å². The number of thiol groups is 1. The lowest BCUT2D eigenvalue weighted by atomic mass is 9.66. The molecule has 1 heterocycles. The molecule has 1 spiro atoms. The Morgan fingerprint density at radius 1 is 1.41 bits per heavy atom. The van der Waals surface area contributed by atoms with Gasteiger partial charge >= 0.3 is 0 Å². The molecule has 0 aromatic carbocycles. The van der Waals surface area contributed by atoms with E-state index in [1.165, 1.54) is 0 Å². The van der Waals surface area contributed by atoms with Crippen LogP contribution in [-0.2, 0) is 14.4 Å². The average molecular weight is 327 g/mol. The molecule has 1 aliphatic carbocycles. The number of carbonyl (C=O) groups excluding carboxylic acids is 3. The summed E-state index contributed by atoms with van der Waals surface area (Å²) in [7, 11) is 0. The lowest BCUT2D eigenvalue weighted by Gasteiger charge is -2.53. The van der Waals surface area contributed by atoms with Crippen molar-refractivity contribution >= 4 is 30.4 Å². The molecule has 1 saturated heterocycles. The molecule has 2 aliphatic rings. The zero-order valence-electron chi connectivity index (χ0n) is 13.2. The predicted molar refractivity (Wildman–Crippen MR) is 86.2 cm³/mol. The van der Waals surface area contributed by atoms with Crippen molar-refractivity contribution in [1.29, 1.82) is 0 Å². The Hall–Kier alpha value is -1.24. The van der Waals surface area contributed by atoms with E-state index in [1.807, 2.05) is 13.8 Å². The standard InChI is InChI=1S/C15H25N3O3S/c1-9(2)13(20)17-10-3-5-15(6-4-10)8-18(14(15)21)11(7-22)12(16)19/h9-11,22H,3-8H2,1-2H3,(H2,16,19)(H,17,20)/t10?,11-,15?/m0/s1. The molecule has 7 heteroatoms. The first-order valence-electron chi connectivity index (χ1n) is 7.82. The first-order chi connectivity index (χ1) is 10.3. The Labute approximate surface area is 136 Å². The summed E-state index contributed by atoms with van der Waals surface area (Å²) in [6.45, 7) is 4.31. The number of β-lactam (4-membered cyclic amide) rings is 1. The van der Waals surface area contributed by atoms with Gasteiger partial charge in [0.15, 0.2) is 0 Å². The molecular weight excluding hydrogens is 302 g/mol. The molecule has 6 nitrogen and oxygen atoms in total. The fourth-order valence-electron chi connectivity index (χ4n) is 3.33. The predicted octanol–water partition coefficient (Wildman–Crippen LogP) is 0.314. The van der Waals surface area contributed by atoms with Crippen LogP contribution >= 0.6 is 12.6 Å². The Kier molecular flexibility index (Phi) is 5.04. The molecule has 0 aromatic rings. The van der Waals surface area contributed by atoms with Gasteiger partial charge in [0.1, 0.15) is 6.04 Å². The summed E-state index contributed by atoms with van der Waals surface area (Å²) in [5.74, 6) is -0.200. The number of likely N-dealkylation sites (tertiary alicyclic amines) is 1. The monoisotopic (exact) mass is 327 g/mol. The molecule has 124 valence electrons. The fraction of sp³-hybridized carbons (Fsp3) is 0.800. The van der Waals surface area contributed by atoms with Crippen LogP contribution in [0.5, 0.6) is 0 Å². The second-order valence-electron chi connectivity index (χ2n) is 6.75. The van der Waals surface area contributed by atoms with Crippen molar-refractivity contribution in [3.8, 4) is 0 Å². The van der Waals surface area contributed by atoms with Crippen molar-refractivity contribution in [1.82, 2.24) is 10.2 Å². The maximum absolute atomic E-state index is 12.5. The molecule has 1 aliphatic heterocycles. The van der Waals surface area contributed by atoms with E-state index in [9.17, 15) is 14.4 Å². The van der Waals surface area contributed by atoms with Gasteiger partial charge in [-0.05, 0) is 25.7 Å². The van der Waals surface area contributed by atoms with Gasteiger partial charge in [-0.25, -0.2) is 0 Å². The number of rotatable bonds is 5. The van der Waals surface area contributed by atoms with Crippen LogP contribution in [0.1, 0.15) is 39.5 Å². The number of primary amides is 1. The molecule has 0 radical (unpaired) electrons. The van der Waals surface area contributed by atoms with Crippen molar-refractivity contribution in [2.75, 3.05) is 12.3 Å². The lowest BCUT2D eigenvalue weighted by molar-refractivity contribution is -0.170. The van der Waals surface area contributed by atoms with E-state index >= 15 is 0 Å². The summed E-state index contributed by atoms with van der Waals surface area (Å²) in [6, 6.07) is -0.459. The summed E-state index contributed by atoms with van der Waals surface area (Å²) in [5.41, 5.74) is 4.96. The third-order valence-corrected chi connectivity index (χ3v) is 5.22. The van der Waals surface area contributed by atoms with Crippen LogP contribution < -0.4 is 11.1 Å². The molecule has 1 atom stereocenters. The van der Waals surface area contributed by atoms with Gasteiger partial charge in [-0.15, -0.1) is 0 Å². The topological polar surface area (TPSA) is 92.5 Å².